The minimum Gasteiger partial charge on any atom is -0.351 e. The number of carbonyl (C=O) groups is 1. The second-order valence-electron chi connectivity index (χ2n) is 4.32. The standard InChI is InChI=1S/C12H19N3O3S/c1-15(19(2,17)18)9-12(16)14-8-11-5-3-10(7-13)4-6-11/h3-6H,7-9,13H2,1-2H3,(H,14,16). The molecular formula is C12H19N3O3S. The first-order chi connectivity index (χ1) is 8.82. The predicted octanol–water partition coefficient (Wildman–Crippen LogP) is -0.347. The fourth-order valence-corrected chi connectivity index (χ4v) is 1.72. The van der Waals surface area contributed by atoms with Gasteiger partial charge in [-0.15, -0.1) is 0 Å². The zero-order valence-corrected chi connectivity index (χ0v) is 11.9. The van der Waals surface area contributed by atoms with E-state index in [1.54, 1.807) is 0 Å². The van der Waals surface area contributed by atoms with E-state index in [4.69, 9.17) is 5.73 Å². The van der Waals surface area contributed by atoms with Crippen LogP contribution in [0.25, 0.3) is 0 Å². The molecule has 1 aromatic rings. The molecule has 106 valence electrons. The number of sulfonamides is 1. The van der Waals surface area contributed by atoms with Crippen molar-refractivity contribution in [2.45, 2.75) is 13.1 Å². The highest BCUT2D eigenvalue weighted by molar-refractivity contribution is 7.88. The lowest BCUT2D eigenvalue weighted by atomic mass is 10.1. The average molecular weight is 285 g/mol. The van der Waals surface area contributed by atoms with Crippen molar-refractivity contribution >= 4 is 15.9 Å². The molecular weight excluding hydrogens is 266 g/mol. The van der Waals surface area contributed by atoms with Crippen molar-refractivity contribution in [3.05, 3.63) is 35.4 Å². The summed E-state index contributed by atoms with van der Waals surface area (Å²) in [5.74, 6) is -0.337. The fraction of sp³-hybridized carbons (Fsp3) is 0.417. The van der Waals surface area contributed by atoms with Crippen LogP contribution in [0.5, 0.6) is 0 Å². The maximum absolute atomic E-state index is 11.6. The van der Waals surface area contributed by atoms with Crippen molar-refractivity contribution in [2.24, 2.45) is 5.73 Å². The van der Waals surface area contributed by atoms with Crippen LogP contribution in [-0.4, -0.2) is 38.5 Å². The van der Waals surface area contributed by atoms with E-state index in [9.17, 15) is 13.2 Å². The summed E-state index contributed by atoms with van der Waals surface area (Å²) in [7, 11) is -1.97. The van der Waals surface area contributed by atoms with E-state index >= 15 is 0 Å². The smallest absolute Gasteiger partial charge is 0.235 e. The monoisotopic (exact) mass is 285 g/mol. The molecule has 0 heterocycles. The first-order valence-electron chi connectivity index (χ1n) is 5.79. The Morgan fingerprint density at radius 2 is 1.79 bits per heavy atom. The summed E-state index contributed by atoms with van der Waals surface area (Å²) < 4.78 is 23.3. The van der Waals surface area contributed by atoms with Crippen LogP contribution in [0.15, 0.2) is 24.3 Å². The van der Waals surface area contributed by atoms with E-state index in [0.717, 1.165) is 21.7 Å². The average Bonchev–Trinajstić information content (AvgIpc) is 2.35. The van der Waals surface area contributed by atoms with Gasteiger partial charge in [-0.05, 0) is 11.1 Å². The first-order valence-corrected chi connectivity index (χ1v) is 7.63. The molecule has 0 aliphatic heterocycles. The molecule has 1 rings (SSSR count). The lowest BCUT2D eigenvalue weighted by molar-refractivity contribution is -0.121. The highest BCUT2D eigenvalue weighted by Gasteiger charge is 2.14. The van der Waals surface area contributed by atoms with Gasteiger partial charge < -0.3 is 11.1 Å². The number of nitrogens with zero attached hydrogens (tertiary/aromatic N) is 1. The SMILES string of the molecule is CN(CC(=O)NCc1ccc(CN)cc1)S(C)(=O)=O. The van der Waals surface area contributed by atoms with Crippen molar-refractivity contribution in [2.75, 3.05) is 19.8 Å². The molecule has 0 aliphatic rings. The van der Waals surface area contributed by atoms with E-state index in [1.165, 1.54) is 7.05 Å². The maximum Gasteiger partial charge on any atom is 0.235 e. The van der Waals surface area contributed by atoms with Gasteiger partial charge in [-0.2, -0.15) is 4.31 Å². The zero-order chi connectivity index (χ0) is 14.5. The fourth-order valence-electron chi connectivity index (χ4n) is 1.37. The van der Waals surface area contributed by atoms with Gasteiger partial charge in [0.05, 0.1) is 12.8 Å². The highest BCUT2D eigenvalue weighted by Crippen LogP contribution is 2.03. The minimum atomic E-state index is -3.33. The predicted molar refractivity (Wildman–Crippen MR) is 73.7 cm³/mol. The molecule has 0 radical (unpaired) electrons. The number of likely N-dealkylation sites (N-methyl/N-ethyl adjacent to an activating group) is 1. The van der Waals surface area contributed by atoms with Crippen LogP contribution >= 0.6 is 0 Å². The normalized spacial score (nSPS) is 11.6. The Bertz CT molecular complexity index is 526. The number of carbonyl (C=O) groups excluding carboxylic acids is 1. The Kier molecular flexibility index (Phi) is 5.46. The van der Waals surface area contributed by atoms with E-state index in [0.29, 0.717) is 13.1 Å². The molecule has 0 saturated heterocycles. The number of hydrogen-bond donors (Lipinski definition) is 2. The lowest BCUT2D eigenvalue weighted by Gasteiger charge is -2.13. The molecule has 0 spiro atoms. The van der Waals surface area contributed by atoms with Crippen molar-refractivity contribution in [3.63, 3.8) is 0 Å². The van der Waals surface area contributed by atoms with Crippen LogP contribution in [0.3, 0.4) is 0 Å². The van der Waals surface area contributed by atoms with Crippen molar-refractivity contribution < 1.29 is 13.2 Å². The molecule has 19 heavy (non-hydrogen) atoms. The van der Waals surface area contributed by atoms with Crippen molar-refractivity contribution in [3.8, 4) is 0 Å². The molecule has 0 fully saturated rings. The van der Waals surface area contributed by atoms with Gasteiger partial charge in [0.2, 0.25) is 15.9 Å². The molecule has 0 bridgehead atoms. The van der Waals surface area contributed by atoms with E-state index < -0.39 is 10.0 Å². The largest absolute Gasteiger partial charge is 0.351 e. The Morgan fingerprint density at radius 3 is 2.26 bits per heavy atom. The number of rotatable bonds is 6. The van der Waals surface area contributed by atoms with Gasteiger partial charge in [0.1, 0.15) is 0 Å². The van der Waals surface area contributed by atoms with Crippen molar-refractivity contribution in [1.82, 2.24) is 9.62 Å². The second kappa shape index (κ2) is 6.65. The van der Waals surface area contributed by atoms with E-state index in [2.05, 4.69) is 5.32 Å². The Morgan fingerprint density at radius 1 is 1.26 bits per heavy atom. The second-order valence-corrected chi connectivity index (χ2v) is 6.41. The summed E-state index contributed by atoms with van der Waals surface area (Å²) in [5.41, 5.74) is 7.44. The molecule has 1 amide bonds. The van der Waals surface area contributed by atoms with Gasteiger partial charge in [-0.3, -0.25) is 4.79 Å². The van der Waals surface area contributed by atoms with E-state index in [1.807, 2.05) is 24.3 Å². The van der Waals surface area contributed by atoms with Crippen LogP contribution in [0.2, 0.25) is 0 Å². The molecule has 0 saturated carbocycles. The molecule has 0 aromatic heterocycles. The number of nitrogens with two attached hydrogens (primary N) is 1. The molecule has 3 N–H and O–H groups in total. The third-order valence-corrected chi connectivity index (χ3v) is 3.94. The third kappa shape index (κ3) is 5.37. The van der Waals surface area contributed by atoms with Crippen LogP contribution in [0, 0.1) is 0 Å². The van der Waals surface area contributed by atoms with Gasteiger partial charge in [0.15, 0.2) is 0 Å². The van der Waals surface area contributed by atoms with Gasteiger partial charge in [0, 0.05) is 20.1 Å². The quantitative estimate of drug-likeness (QED) is 0.747. The molecule has 0 unspecified atom stereocenters. The summed E-state index contributed by atoms with van der Waals surface area (Å²) >= 11 is 0. The molecule has 7 heteroatoms. The number of amides is 1. The first kappa shape index (κ1) is 15.6. The third-order valence-electron chi connectivity index (χ3n) is 2.68. The number of benzene rings is 1. The van der Waals surface area contributed by atoms with Gasteiger partial charge in [0.25, 0.3) is 0 Å². The number of nitrogens with one attached hydrogen (secondary N) is 1. The van der Waals surface area contributed by atoms with Gasteiger partial charge >= 0.3 is 0 Å². The van der Waals surface area contributed by atoms with Gasteiger partial charge in [-0.25, -0.2) is 8.42 Å². The van der Waals surface area contributed by atoms with Crippen molar-refractivity contribution in [1.29, 1.82) is 0 Å². The number of hydrogen-bond acceptors (Lipinski definition) is 4. The Hall–Kier alpha value is -1.44. The minimum absolute atomic E-state index is 0.181. The van der Waals surface area contributed by atoms with Crippen LogP contribution < -0.4 is 11.1 Å². The topological polar surface area (TPSA) is 92.5 Å². The Balaban J connectivity index is 2.45. The lowest BCUT2D eigenvalue weighted by Crippen LogP contribution is -2.37. The van der Waals surface area contributed by atoms with E-state index in [-0.39, 0.29) is 12.5 Å². The summed E-state index contributed by atoms with van der Waals surface area (Å²) in [5, 5.41) is 2.66. The summed E-state index contributed by atoms with van der Waals surface area (Å²) in [6.07, 6.45) is 1.06. The maximum atomic E-state index is 11.6. The summed E-state index contributed by atoms with van der Waals surface area (Å²) in [4.78, 5) is 11.6. The molecule has 0 atom stereocenters. The molecule has 6 nitrogen and oxygen atoms in total. The summed E-state index contributed by atoms with van der Waals surface area (Å²) in [6.45, 7) is 0.660. The van der Waals surface area contributed by atoms with Crippen LogP contribution in [-0.2, 0) is 27.9 Å². The van der Waals surface area contributed by atoms with Crippen LogP contribution in [0.1, 0.15) is 11.1 Å². The Labute approximate surface area is 113 Å². The van der Waals surface area contributed by atoms with Crippen LogP contribution in [0.4, 0.5) is 0 Å². The highest BCUT2D eigenvalue weighted by atomic mass is 32.2. The van der Waals surface area contributed by atoms with Gasteiger partial charge in [-0.1, -0.05) is 24.3 Å². The molecule has 0 aliphatic carbocycles. The molecule has 1 aromatic carbocycles. The summed E-state index contributed by atoms with van der Waals surface area (Å²) in [6, 6.07) is 7.54. The zero-order valence-electron chi connectivity index (χ0n) is 11.1.